The molecule has 1 unspecified atom stereocenters. The number of hydrogen-bond acceptors (Lipinski definition) is 7. The van der Waals surface area contributed by atoms with Crippen LogP contribution in [0.1, 0.15) is 48.4 Å². The van der Waals surface area contributed by atoms with Crippen LogP contribution in [0.15, 0.2) is 12.4 Å². The Balaban J connectivity index is 1.91. The Hall–Kier alpha value is -3.07. The SMILES string of the molecule is CCOc1c(C(C)n2nc(C)c3c(N)ncnc32)cc(Cl)c(C)c1[C@@H]1CNC(=O)O1. The van der Waals surface area contributed by atoms with E-state index in [9.17, 15) is 4.79 Å². The van der Waals surface area contributed by atoms with Gasteiger partial charge in [0.25, 0.3) is 0 Å². The number of nitrogens with zero attached hydrogens (tertiary/aromatic N) is 4. The molecule has 9 nitrogen and oxygen atoms in total. The molecule has 0 radical (unpaired) electrons. The summed E-state index contributed by atoms with van der Waals surface area (Å²) in [6.45, 7) is 8.43. The first kappa shape index (κ1) is 20.2. The van der Waals surface area contributed by atoms with Crippen molar-refractivity contribution in [2.75, 3.05) is 18.9 Å². The van der Waals surface area contributed by atoms with Crippen molar-refractivity contribution in [3.8, 4) is 5.75 Å². The van der Waals surface area contributed by atoms with Gasteiger partial charge in [0.15, 0.2) is 5.65 Å². The lowest BCUT2D eigenvalue weighted by Gasteiger charge is -2.24. The minimum absolute atomic E-state index is 0.279. The van der Waals surface area contributed by atoms with Gasteiger partial charge in [0.1, 0.15) is 24.0 Å². The number of halogens is 1. The highest BCUT2D eigenvalue weighted by Crippen LogP contribution is 2.42. The molecule has 1 fully saturated rings. The Morgan fingerprint density at radius 2 is 2.20 bits per heavy atom. The van der Waals surface area contributed by atoms with Gasteiger partial charge in [-0.25, -0.2) is 19.4 Å². The molecule has 0 spiro atoms. The third-order valence-corrected chi connectivity index (χ3v) is 5.75. The van der Waals surface area contributed by atoms with Crippen LogP contribution in [-0.4, -0.2) is 39.0 Å². The predicted octanol–water partition coefficient (Wildman–Crippen LogP) is 3.47. The molecule has 1 aromatic carbocycles. The zero-order chi connectivity index (χ0) is 21.6. The zero-order valence-electron chi connectivity index (χ0n) is 17.2. The van der Waals surface area contributed by atoms with E-state index >= 15 is 0 Å². The van der Waals surface area contributed by atoms with Crippen LogP contribution in [0.5, 0.6) is 5.75 Å². The van der Waals surface area contributed by atoms with Gasteiger partial charge in [-0.05, 0) is 39.3 Å². The normalized spacial score (nSPS) is 17.1. The zero-order valence-corrected chi connectivity index (χ0v) is 17.9. The maximum Gasteiger partial charge on any atom is 0.407 e. The van der Waals surface area contributed by atoms with E-state index in [-0.39, 0.29) is 6.04 Å². The fourth-order valence-electron chi connectivity index (χ4n) is 3.89. The van der Waals surface area contributed by atoms with Crippen LogP contribution in [0.3, 0.4) is 0 Å². The third-order valence-electron chi connectivity index (χ3n) is 5.35. The summed E-state index contributed by atoms with van der Waals surface area (Å²) in [4.78, 5) is 20.1. The molecule has 0 saturated carbocycles. The maximum atomic E-state index is 11.7. The number of nitrogens with one attached hydrogen (secondary N) is 1. The molecule has 3 heterocycles. The van der Waals surface area contributed by atoms with E-state index in [2.05, 4.69) is 20.4 Å². The number of amides is 1. The number of nitrogen functional groups attached to an aromatic ring is 1. The summed E-state index contributed by atoms with van der Waals surface area (Å²) in [6, 6.07) is 1.59. The molecule has 3 aromatic rings. The molecule has 1 aliphatic rings. The summed E-state index contributed by atoms with van der Waals surface area (Å²) in [7, 11) is 0. The van der Waals surface area contributed by atoms with E-state index in [1.807, 2.05) is 33.8 Å². The highest BCUT2D eigenvalue weighted by Gasteiger charge is 2.32. The minimum Gasteiger partial charge on any atom is -0.493 e. The van der Waals surface area contributed by atoms with Crippen LogP contribution >= 0.6 is 11.6 Å². The van der Waals surface area contributed by atoms with Gasteiger partial charge in [0.05, 0.1) is 30.3 Å². The van der Waals surface area contributed by atoms with Gasteiger partial charge in [-0.2, -0.15) is 5.10 Å². The molecule has 10 heteroatoms. The van der Waals surface area contributed by atoms with Crippen molar-refractivity contribution in [1.29, 1.82) is 0 Å². The molecule has 2 aromatic heterocycles. The number of aryl methyl sites for hydroxylation is 1. The molecule has 0 bridgehead atoms. The molecule has 4 rings (SSSR count). The smallest absolute Gasteiger partial charge is 0.407 e. The lowest BCUT2D eigenvalue weighted by atomic mass is 9.95. The molecular formula is C20H23ClN6O3. The number of cyclic esters (lactones) is 1. The maximum absolute atomic E-state index is 11.7. The second kappa shape index (κ2) is 7.64. The highest BCUT2D eigenvalue weighted by molar-refractivity contribution is 6.31. The average Bonchev–Trinajstić information content (AvgIpc) is 3.28. The van der Waals surface area contributed by atoms with E-state index in [1.165, 1.54) is 6.33 Å². The fraction of sp³-hybridized carbons (Fsp3) is 0.400. The third kappa shape index (κ3) is 3.19. The van der Waals surface area contributed by atoms with Gasteiger partial charge in [-0.3, -0.25) is 0 Å². The summed E-state index contributed by atoms with van der Waals surface area (Å²) in [5, 5.41) is 8.62. The Bertz CT molecular complexity index is 1150. The molecular weight excluding hydrogens is 408 g/mol. The number of carbonyl (C=O) groups excluding carboxylic acids is 1. The van der Waals surface area contributed by atoms with Gasteiger partial charge in [-0.15, -0.1) is 0 Å². The van der Waals surface area contributed by atoms with Gasteiger partial charge in [0, 0.05) is 16.1 Å². The van der Waals surface area contributed by atoms with E-state index in [0.717, 1.165) is 27.8 Å². The van der Waals surface area contributed by atoms with Crippen LogP contribution < -0.4 is 15.8 Å². The van der Waals surface area contributed by atoms with Crippen LogP contribution in [0.4, 0.5) is 10.6 Å². The largest absolute Gasteiger partial charge is 0.493 e. The van der Waals surface area contributed by atoms with Crippen LogP contribution in [0, 0.1) is 13.8 Å². The van der Waals surface area contributed by atoms with Gasteiger partial charge in [-0.1, -0.05) is 11.6 Å². The summed E-state index contributed by atoms with van der Waals surface area (Å²) in [5.41, 5.74) is 9.79. The van der Waals surface area contributed by atoms with Crippen molar-refractivity contribution in [2.24, 2.45) is 0 Å². The fourth-order valence-corrected chi connectivity index (χ4v) is 4.11. The molecule has 0 aliphatic carbocycles. The van der Waals surface area contributed by atoms with E-state index in [1.54, 1.807) is 4.68 Å². The first-order valence-corrected chi connectivity index (χ1v) is 10.1. The number of hydrogen-bond donors (Lipinski definition) is 2. The Labute approximate surface area is 178 Å². The van der Waals surface area contributed by atoms with Gasteiger partial charge >= 0.3 is 6.09 Å². The molecule has 1 amide bonds. The Morgan fingerprint density at radius 1 is 1.43 bits per heavy atom. The van der Waals surface area contributed by atoms with E-state index < -0.39 is 12.2 Å². The predicted molar refractivity (Wildman–Crippen MR) is 113 cm³/mol. The number of ether oxygens (including phenoxy) is 2. The lowest BCUT2D eigenvalue weighted by molar-refractivity contribution is 0.138. The lowest BCUT2D eigenvalue weighted by Crippen LogP contribution is -2.16. The second-order valence-electron chi connectivity index (χ2n) is 7.19. The number of alkyl carbamates (subject to hydrolysis) is 1. The van der Waals surface area contributed by atoms with Crippen LogP contribution in [0.25, 0.3) is 11.0 Å². The Kier molecular flexibility index (Phi) is 5.15. The standard InChI is InChI=1S/C20H23ClN6O3/c1-5-29-17-12(6-13(21)9(2)15(17)14-7-23-20(28)30-14)11(4)27-19-16(10(3)26-27)18(22)24-8-25-19/h6,8,11,14H,5,7H2,1-4H3,(H,23,28)(H2,22,24,25)/t11?,14-/m0/s1. The van der Waals surface area contributed by atoms with Crippen molar-refractivity contribution in [3.63, 3.8) is 0 Å². The molecule has 1 saturated heterocycles. The Morgan fingerprint density at radius 3 is 2.87 bits per heavy atom. The number of fused-ring (bicyclic) bond motifs is 1. The van der Waals surface area contributed by atoms with Gasteiger partial charge in [0.2, 0.25) is 0 Å². The summed E-state index contributed by atoms with van der Waals surface area (Å²) in [5.74, 6) is 1.02. The van der Waals surface area contributed by atoms with Crippen molar-refractivity contribution in [1.82, 2.24) is 25.1 Å². The molecule has 30 heavy (non-hydrogen) atoms. The molecule has 158 valence electrons. The number of rotatable bonds is 5. The van der Waals surface area contributed by atoms with Crippen molar-refractivity contribution in [3.05, 3.63) is 39.8 Å². The summed E-state index contributed by atoms with van der Waals surface area (Å²) >= 11 is 6.59. The number of aromatic nitrogens is 4. The van der Waals surface area contributed by atoms with Crippen molar-refractivity contribution >= 4 is 34.5 Å². The van der Waals surface area contributed by atoms with Crippen LogP contribution in [0.2, 0.25) is 5.02 Å². The topological polar surface area (TPSA) is 117 Å². The molecule has 1 aliphatic heterocycles. The number of benzene rings is 1. The number of carbonyl (C=O) groups is 1. The highest BCUT2D eigenvalue weighted by atomic mass is 35.5. The second-order valence-corrected chi connectivity index (χ2v) is 7.59. The average molecular weight is 431 g/mol. The summed E-state index contributed by atoms with van der Waals surface area (Å²) in [6.07, 6.45) is 0.470. The first-order valence-electron chi connectivity index (χ1n) is 9.68. The van der Waals surface area contributed by atoms with E-state index in [0.29, 0.717) is 35.4 Å². The monoisotopic (exact) mass is 430 g/mol. The van der Waals surface area contributed by atoms with Crippen LogP contribution in [-0.2, 0) is 4.74 Å². The van der Waals surface area contributed by atoms with Crippen molar-refractivity contribution < 1.29 is 14.3 Å². The van der Waals surface area contributed by atoms with Crippen molar-refractivity contribution in [2.45, 2.75) is 39.8 Å². The molecule has 2 atom stereocenters. The minimum atomic E-state index is -0.488. The molecule has 3 N–H and O–H groups in total. The summed E-state index contributed by atoms with van der Waals surface area (Å²) < 4.78 is 13.3. The van der Waals surface area contributed by atoms with E-state index in [4.69, 9.17) is 26.8 Å². The van der Waals surface area contributed by atoms with Gasteiger partial charge < -0.3 is 20.5 Å². The quantitative estimate of drug-likeness (QED) is 0.636. The number of anilines is 1. The first-order chi connectivity index (χ1) is 14.3. The number of nitrogens with two attached hydrogens (primary N) is 1.